The van der Waals surface area contributed by atoms with Crippen LogP contribution < -0.4 is 11.5 Å². The third-order valence-corrected chi connectivity index (χ3v) is 13.6. The number of aryl methyl sites for hydroxylation is 1. The van der Waals surface area contributed by atoms with Gasteiger partial charge in [0.25, 0.3) is 0 Å². The Morgan fingerprint density at radius 2 is 1.24 bits per heavy atom. The number of halogens is 2. The molecule has 22 heteroatoms. The zero-order valence-electron chi connectivity index (χ0n) is 28.2. The predicted molar refractivity (Wildman–Crippen MR) is 179 cm³/mol. The number of ether oxygens (including phenoxy) is 2. The summed E-state index contributed by atoms with van der Waals surface area (Å²) in [5.41, 5.74) is 14.2. The van der Waals surface area contributed by atoms with E-state index in [0.29, 0.717) is 53.0 Å². The maximum Gasteiger partial charge on any atom is 0 e. The molecule has 4 N–H and O–H groups in total. The molecule has 0 amide bonds. The van der Waals surface area contributed by atoms with Crippen LogP contribution in [0.1, 0.15) is 46.0 Å². The zero-order valence-corrected chi connectivity index (χ0v) is 43.3. The first-order valence-electron chi connectivity index (χ1n) is 14.9. The number of aromatic nitrogens is 8. The van der Waals surface area contributed by atoms with Crippen LogP contribution in [0.3, 0.4) is 0 Å². The molecule has 0 saturated carbocycles. The van der Waals surface area contributed by atoms with Gasteiger partial charge in [0.1, 0.15) is 0 Å². The van der Waals surface area contributed by atoms with Gasteiger partial charge in [-0.3, -0.25) is 0 Å². The molecule has 0 spiro atoms. The summed E-state index contributed by atoms with van der Waals surface area (Å²) in [6.45, 7) is 15.4. The number of hydrogen-bond acceptors (Lipinski definition) is 12. The third-order valence-electron chi connectivity index (χ3n) is 8.82. The molecule has 2 aliphatic rings. The Morgan fingerprint density at radius 1 is 0.796 bits per heavy atom. The fraction of sp³-hybridized carbons (Fsp3) is 0.630. The second-order valence-electron chi connectivity index (χ2n) is 12.1. The van der Waals surface area contributed by atoms with Gasteiger partial charge in [-0.25, -0.2) is 0 Å². The molecule has 10 atom stereocenters. The minimum atomic E-state index is -0.694. The topological polar surface area (TPSA) is 176 Å². The maximum atomic E-state index is 6.88. The number of imidazole rings is 2. The van der Waals surface area contributed by atoms with Gasteiger partial charge in [0.05, 0.1) is 0 Å². The Labute approximate surface area is 368 Å². The maximum absolute atomic E-state index is 6.88. The SMILES string of the molecule is C[C@@H]1[C@@H](CO[PH](C)=[W])O[C@@H](n2cnc3c(N)ncnc32)[C@]1(C)Cl.Cc1nc(N)c2ncn([C@@H]3O[C@H](CO[PH](C)=[W])[C@@H](C)[C@@]3(C)Cl)c2n1.[Y].[Y]. The molecule has 14 nitrogen and oxygen atoms in total. The van der Waals surface area contributed by atoms with Crippen LogP contribution in [0.2, 0.25) is 0 Å². The fourth-order valence-electron chi connectivity index (χ4n) is 5.72. The standard InChI is InChI=1S/C14H21ClN5O2P.C13H19ClN5O2P.2W.2Y/c1-7-9(5-21-23-4)22-13(14(7,3)15)20-6-17-10-11(16)18-8(2)19-12(10)20;1-7-8(4-20-22-3)21-12(13(7,2)14)19-6-18-9-10(15)16-5-17-11(9)19;;;;/h6-7,9,13,23H,5H2,1-4H3,(H2,16,18,19);5-8,12,22H,4H2,1-3H3,(H2,15,16,17);;;;/t7-,9-,13-,14-;7-,8-,12-,13-;;;;/m11..../s1. The van der Waals surface area contributed by atoms with Crippen molar-refractivity contribution >= 4 is 68.7 Å². The van der Waals surface area contributed by atoms with E-state index in [1.807, 2.05) is 23.0 Å². The van der Waals surface area contributed by atoms with Crippen LogP contribution in [0, 0.1) is 18.8 Å². The van der Waals surface area contributed by atoms with Crippen LogP contribution in [-0.2, 0) is 122 Å². The Hall–Kier alpha value is 1.56. The minimum absolute atomic E-state index is 0. The summed E-state index contributed by atoms with van der Waals surface area (Å²) >= 11 is 16.7. The first-order valence-corrected chi connectivity index (χ1v) is 28.1. The molecule has 0 aliphatic carbocycles. The summed E-state index contributed by atoms with van der Waals surface area (Å²) in [6.07, 6.45) is 3.87. The van der Waals surface area contributed by atoms with Crippen LogP contribution in [0.4, 0.5) is 11.6 Å². The molecule has 2 unspecified atom stereocenters. The van der Waals surface area contributed by atoms with Crippen LogP contribution in [0.5, 0.6) is 0 Å². The quantitative estimate of drug-likeness (QED) is 0.185. The van der Waals surface area contributed by atoms with Crippen molar-refractivity contribution in [3.05, 3.63) is 24.8 Å². The summed E-state index contributed by atoms with van der Waals surface area (Å²) in [5.74, 6) is 0.179. The van der Waals surface area contributed by atoms with E-state index < -0.39 is 27.5 Å². The van der Waals surface area contributed by atoms with Gasteiger partial charge < -0.3 is 0 Å². The molecule has 2 radical (unpaired) electrons. The zero-order chi connectivity index (χ0) is 34.4. The van der Waals surface area contributed by atoms with Crippen LogP contribution in [-0.4, -0.2) is 87.5 Å². The first kappa shape index (κ1) is 45.0. The summed E-state index contributed by atoms with van der Waals surface area (Å²) in [4.78, 5) is 24.3. The van der Waals surface area contributed by atoms with Crippen molar-refractivity contribution in [3.63, 3.8) is 0 Å². The van der Waals surface area contributed by atoms with Gasteiger partial charge in [0.15, 0.2) is 0 Å². The molecule has 2 fully saturated rings. The third kappa shape index (κ3) is 9.69. The number of nitrogens with zero attached hydrogens (tertiary/aromatic N) is 8. The molecule has 6 rings (SSSR count). The molecule has 4 aromatic heterocycles. The molecule has 4 aromatic rings. The van der Waals surface area contributed by atoms with Gasteiger partial charge in [-0.1, -0.05) is 0 Å². The minimum Gasteiger partial charge on any atom is 0 e. The van der Waals surface area contributed by atoms with Crippen molar-refractivity contribution in [1.29, 1.82) is 0 Å². The van der Waals surface area contributed by atoms with Gasteiger partial charge in [0.2, 0.25) is 0 Å². The Morgan fingerprint density at radius 3 is 1.71 bits per heavy atom. The average Bonchev–Trinajstić information content (AvgIpc) is 3.71. The van der Waals surface area contributed by atoms with Gasteiger partial charge >= 0.3 is 308 Å². The van der Waals surface area contributed by atoms with E-state index in [1.165, 1.54) is 43.9 Å². The second kappa shape index (κ2) is 18.5. The Bertz CT molecular complexity index is 1820. The monoisotopic (exact) mass is 1250 g/mol. The van der Waals surface area contributed by atoms with E-state index in [-0.39, 0.29) is 95.7 Å². The predicted octanol–water partition coefficient (Wildman–Crippen LogP) is 4.66. The van der Waals surface area contributed by atoms with Crippen molar-refractivity contribution in [2.75, 3.05) is 38.0 Å². The number of hydrogen-bond donors (Lipinski definition) is 2. The average molecular weight is 1250 g/mol. The molecule has 0 bridgehead atoms. The van der Waals surface area contributed by atoms with Crippen LogP contribution >= 0.6 is 34.8 Å². The number of alkyl halides is 2. The molecule has 6 heterocycles. The molecule has 0 aromatic carbocycles. The molecule has 49 heavy (non-hydrogen) atoms. The van der Waals surface area contributed by atoms with Crippen molar-refractivity contribution in [1.82, 2.24) is 39.0 Å². The summed E-state index contributed by atoms with van der Waals surface area (Å²) in [5, 5.41) is 0. The van der Waals surface area contributed by atoms with Crippen molar-refractivity contribution in [2.24, 2.45) is 11.8 Å². The number of anilines is 2. The Kier molecular flexibility index (Phi) is 16.9. The molecular weight excluding hydrogens is 1210 g/mol. The van der Waals surface area contributed by atoms with Crippen molar-refractivity contribution in [3.8, 4) is 0 Å². The van der Waals surface area contributed by atoms with Gasteiger partial charge in [0, 0.05) is 65.4 Å². The Balaban J connectivity index is 0.000000255. The molecule has 264 valence electrons. The van der Waals surface area contributed by atoms with E-state index in [0.717, 1.165) is 0 Å². The van der Waals surface area contributed by atoms with Gasteiger partial charge in [-0.05, 0) is 0 Å². The number of fused-ring (bicyclic) bond motifs is 2. The molecule has 2 aliphatic heterocycles. The van der Waals surface area contributed by atoms with E-state index in [9.17, 15) is 0 Å². The normalized spacial score (nSPS) is 30.7. The molecular formula is C27H40Cl2N10O4P2W2Y2. The van der Waals surface area contributed by atoms with E-state index >= 15 is 0 Å². The van der Waals surface area contributed by atoms with E-state index in [4.69, 9.17) is 53.2 Å². The fourth-order valence-corrected chi connectivity index (χ4v) is 8.57. The van der Waals surface area contributed by atoms with Crippen LogP contribution in [0.25, 0.3) is 22.3 Å². The smallest absolute Gasteiger partial charge is 0 e. The summed E-state index contributed by atoms with van der Waals surface area (Å²) < 4.78 is 27.9. The first-order chi connectivity index (χ1) is 22.0. The van der Waals surface area contributed by atoms with Crippen molar-refractivity contribution < 1.29 is 122 Å². The molecule has 2 saturated heterocycles. The largest absolute Gasteiger partial charge is 0 e. The number of nitrogens with two attached hydrogens (primary N) is 2. The van der Waals surface area contributed by atoms with E-state index in [2.05, 4.69) is 57.1 Å². The van der Waals surface area contributed by atoms with Gasteiger partial charge in [-0.2, -0.15) is 0 Å². The van der Waals surface area contributed by atoms with Gasteiger partial charge in [-0.15, -0.1) is 0 Å². The summed E-state index contributed by atoms with van der Waals surface area (Å²) in [6, 6.07) is 0. The van der Waals surface area contributed by atoms with E-state index in [1.54, 1.807) is 19.6 Å². The van der Waals surface area contributed by atoms with Crippen LogP contribution in [0.15, 0.2) is 19.0 Å². The second-order valence-corrected chi connectivity index (χ2v) is 28.7. The van der Waals surface area contributed by atoms with Crippen molar-refractivity contribution in [2.45, 2.75) is 69.0 Å². The number of rotatable bonds is 8. The number of nitrogen functional groups attached to an aromatic ring is 2. The summed E-state index contributed by atoms with van der Waals surface area (Å²) in [7, 11) is 0.